The Kier molecular flexibility index (Phi) is 10.6. The van der Waals surface area contributed by atoms with E-state index in [0.29, 0.717) is 0 Å². The molecule has 3 aromatic rings. The van der Waals surface area contributed by atoms with Crippen LogP contribution in [-0.2, 0) is 26.2 Å². The molecule has 40 heavy (non-hydrogen) atoms. The maximum Gasteiger partial charge on any atom is 0.264 e. The van der Waals surface area contributed by atoms with Gasteiger partial charge in [0.25, 0.3) is 10.0 Å². The summed E-state index contributed by atoms with van der Waals surface area (Å²) in [6.45, 7) is 8.78. The topological polar surface area (TPSA) is 86.8 Å². The first kappa shape index (κ1) is 31.5. The molecule has 0 saturated carbocycles. The predicted octanol–water partition coefficient (Wildman–Crippen LogP) is 6.14. The third-order valence-electron chi connectivity index (χ3n) is 6.73. The Bertz CT molecular complexity index is 1440. The van der Waals surface area contributed by atoms with Gasteiger partial charge in [0, 0.05) is 12.6 Å². The van der Waals surface area contributed by atoms with Gasteiger partial charge in [-0.2, -0.15) is 0 Å². The Labute approximate surface area is 247 Å². The van der Waals surface area contributed by atoms with Crippen LogP contribution in [0.1, 0.15) is 43.9 Å². The van der Waals surface area contributed by atoms with Gasteiger partial charge in [-0.05, 0) is 63.9 Å². The molecular formula is C30H35Cl2N3O4S. The van der Waals surface area contributed by atoms with E-state index >= 15 is 0 Å². The van der Waals surface area contributed by atoms with Gasteiger partial charge in [0.2, 0.25) is 11.8 Å². The van der Waals surface area contributed by atoms with E-state index in [1.807, 2.05) is 52.0 Å². The number of benzene rings is 3. The second-order valence-electron chi connectivity index (χ2n) is 9.90. The molecule has 2 atom stereocenters. The van der Waals surface area contributed by atoms with Crippen molar-refractivity contribution in [3.8, 4) is 0 Å². The SMILES string of the molecule is CCC(C)NC(=O)C(C)N(Cc1ccc(C)cc1)C(=O)CN(c1cccc(Cl)c1Cl)S(=O)(=O)c1ccc(C)cc1. The molecule has 2 amide bonds. The van der Waals surface area contributed by atoms with Crippen molar-refractivity contribution in [1.82, 2.24) is 10.2 Å². The summed E-state index contributed by atoms with van der Waals surface area (Å²) in [4.78, 5) is 28.5. The van der Waals surface area contributed by atoms with E-state index in [0.717, 1.165) is 27.4 Å². The molecule has 7 nitrogen and oxygen atoms in total. The molecule has 0 aliphatic carbocycles. The summed E-state index contributed by atoms with van der Waals surface area (Å²) in [6, 6.07) is 17.5. The molecule has 1 N–H and O–H groups in total. The van der Waals surface area contributed by atoms with Crippen LogP contribution in [0, 0.1) is 13.8 Å². The fourth-order valence-electron chi connectivity index (χ4n) is 3.97. The highest BCUT2D eigenvalue weighted by molar-refractivity contribution is 7.92. The van der Waals surface area contributed by atoms with Crippen LogP contribution in [0.2, 0.25) is 10.0 Å². The largest absolute Gasteiger partial charge is 0.352 e. The normalized spacial score (nSPS) is 12.9. The fraction of sp³-hybridized carbons (Fsp3) is 0.333. The highest BCUT2D eigenvalue weighted by atomic mass is 35.5. The van der Waals surface area contributed by atoms with Crippen LogP contribution in [0.25, 0.3) is 0 Å². The van der Waals surface area contributed by atoms with Crippen molar-refractivity contribution < 1.29 is 18.0 Å². The van der Waals surface area contributed by atoms with Gasteiger partial charge >= 0.3 is 0 Å². The van der Waals surface area contributed by atoms with E-state index in [1.165, 1.54) is 29.2 Å². The number of halogens is 2. The maximum atomic E-state index is 14.0. The van der Waals surface area contributed by atoms with Gasteiger partial charge < -0.3 is 10.2 Å². The zero-order chi connectivity index (χ0) is 29.6. The Morgan fingerprint density at radius 2 is 1.48 bits per heavy atom. The van der Waals surface area contributed by atoms with Gasteiger partial charge in [-0.1, -0.05) is 83.7 Å². The minimum absolute atomic E-state index is 0.000278. The lowest BCUT2D eigenvalue weighted by molar-refractivity contribution is -0.139. The molecule has 0 fully saturated rings. The molecule has 10 heteroatoms. The van der Waals surface area contributed by atoms with Gasteiger partial charge in [0.1, 0.15) is 12.6 Å². The molecule has 214 valence electrons. The summed E-state index contributed by atoms with van der Waals surface area (Å²) in [6.07, 6.45) is 0.722. The van der Waals surface area contributed by atoms with E-state index in [-0.39, 0.29) is 39.1 Å². The molecular weight excluding hydrogens is 569 g/mol. The fourth-order valence-corrected chi connectivity index (χ4v) is 5.85. The monoisotopic (exact) mass is 603 g/mol. The molecule has 0 aliphatic rings. The van der Waals surface area contributed by atoms with Crippen molar-refractivity contribution in [2.24, 2.45) is 0 Å². The number of aryl methyl sites for hydroxylation is 2. The quantitative estimate of drug-likeness (QED) is 0.285. The highest BCUT2D eigenvalue weighted by Gasteiger charge is 2.34. The Balaban J connectivity index is 2.06. The Hall–Kier alpha value is -3.07. The Morgan fingerprint density at radius 3 is 2.05 bits per heavy atom. The number of nitrogens with one attached hydrogen (secondary N) is 1. The lowest BCUT2D eigenvalue weighted by Gasteiger charge is -2.32. The first-order valence-corrected chi connectivity index (χ1v) is 15.2. The molecule has 0 radical (unpaired) electrons. The average molecular weight is 605 g/mol. The lowest BCUT2D eigenvalue weighted by atomic mass is 10.1. The van der Waals surface area contributed by atoms with Gasteiger partial charge in [0.15, 0.2) is 0 Å². The van der Waals surface area contributed by atoms with Crippen LogP contribution in [0.5, 0.6) is 0 Å². The summed E-state index contributed by atoms with van der Waals surface area (Å²) in [5, 5.41) is 3.07. The van der Waals surface area contributed by atoms with E-state index in [2.05, 4.69) is 5.32 Å². The van der Waals surface area contributed by atoms with Crippen molar-refractivity contribution >= 4 is 50.7 Å². The second-order valence-corrected chi connectivity index (χ2v) is 12.5. The highest BCUT2D eigenvalue weighted by Crippen LogP contribution is 2.35. The number of hydrogen-bond donors (Lipinski definition) is 1. The molecule has 2 unspecified atom stereocenters. The second kappa shape index (κ2) is 13.5. The molecule has 0 saturated heterocycles. The summed E-state index contributed by atoms with van der Waals surface area (Å²) in [5.74, 6) is -0.900. The number of amides is 2. The van der Waals surface area contributed by atoms with E-state index < -0.39 is 28.5 Å². The van der Waals surface area contributed by atoms with Crippen molar-refractivity contribution in [2.75, 3.05) is 10.8 Å². The van der Waals surface area contributed by atoms with Crippen LogP contribution in [0.15, 0.2) is 71.6 Å². The number of rotatable bonds is 11. The van der Waals surface area contributed by atoms with Crippen molar-refractivity contribution in [3.05, 3.63) is 93.5 Å². The molecule has 3 rings (SSSR count). The number of sulfonamides is 1. The smallest absolute Gasteiger partial charge is 0.264 e. The predicted molar refractivity (Wildman–Crippen MR) is 161 cm³/mol. The number of carbonyl (C=O) groups excluding carboxylic acids is 2. The van der Waals surface area contributed by atoms with Crippen molar-refractivity contribution in [3.63, 3.8) is 0 Å². The van der Waals surface area contributed by atoms with E-state index in [4.69, 9.17) is 23.2 Å². The van der Waals surface area contributed by atoms with Gasteiger partial charge in [-0.15, -0.1) is 0 Å². The number of hydrogen-bond acceptors (Lipinski definition) is 4. The molecule has 0 aliphatic heterocycles. The summed E-state index contributed by atoms with van der Waals surface area (Å²) < 4.78 is 28.8. The lowest BCUT2D eigenvalue weighted by Crippen LogP contribution is -2.52. The zero-order valence-corrected chi connectivity index (χ0v) is 25.6. The van der Waals surface area contributed by atoms with Crippen molar-refractivity contribution in [1.29, 1.82) is 0 Å². The standard InChI is InChI=1S/C30H35Cl2N3O4S/c1-6-22(4)33-30(37)23(5)34(18-24-14-10-20(2)11-15-24)28(36)19-35(27-9-7-8-26(31)29(27)32)40(38,39)25-16-12-21(3)13-17-25/h7-17,22-23H,6,18-19H2,1-5H3,(H,33,37). The molecule has 0 spiro atoms. The minimum atomic E-state index is -4.24. The van der Waals surface area contributed by atoms with Crippen LogP contribution >= 0.6 is 23.2 Å². The van der Waals surface area contributed by atoms with Crippen LogP contribution < -0.4 is 9.62 Å². The molecule has 3 aromatic carbocycles. The summed E-state index contributed by atoms with van der Waals surface area (Å²) in [5.41, 5.74) is 2.80. The van der Waals surface area contributed by atoms with Gasteiger partial charge in [0.05, 0.1) is 20.6 Å². The van der Waals surface area contributed by atoms with Crippen LogP contribution in [0.3, 0.4) is 0 Å². The van der Waals surface area contributed by atoms with Gasteiger partial charge in [-0.3, -0.25) is 13.9 Å². The third-order valence-corrected chi connectivity index (χ3v) is 9.31. The first-order chi connectivity index (χ1) is 18.8. The van der Waals surface area contributed by atoms with E-state index in [9.17, 15) is 18.0 Å². The molecule has 0 bridgehead atoms. The minimum Gasteiger partial charge on any atom is -0.352 e. The third kappa shape index (κ3) is 7.56. The van der Waals surface area contributed by atoms with Gasteiger partial charge in [-0.25, -0.2) is 8.42 Å². The maximum absolute atomic E-state index is 14.0. The molecule has 0 heterocycles. The average Bonchev–Trinajstić information content (AvgIpc) is 2.92. The number of nitrogens with zero attached hydrogens (tertiary/aromatic N) is 2. The number of anilines is 1. The first-order valence-electron chi connectivity index (χ1n) is 13.0. The van der Waals surface area contributed by atoms with Crippen LogP contribution in [-0.4, -0.2) is 43.8 Å². The Morgan fingerprint density at radius 1 is 0.900 bits per heavy atom. The van der Waals surface area contributed by atoms with Crippen molar-refractivity contribution in [2.45, 2.75) is 64.6 Å². The zero-order valence-electron chi connectivity index (χ0n) is 23.3. The summed E-state index contributed by atoms with van der Waals surface area (Å²) >= 11 is 12.7. The van der Waals surface area contributed by atoms with Crippen LogP contribution in [0.4, 0.5) is 5.69 Å². The molecule has 0 aromatic heterocycles. The number of carbonyl (C=O) groups is 2. The van der Waals surface area contributed by atoms with E-state index in [1.54, 1.807) is 25.1 Å². The summed E-state index contributed by atoms with van der Waals surface area (Å²) in [7, 11) is -4.24.